The van der Waals surface area contributed by atoms with Crippen LogP contribution in [0.1, 0.15) is 31.8 Å². The molecule has 3 aromatic carbocycles. The van der Waals surface area contributed by atoms with Crippen molar-refractivity contribution in [3.63, 3.8) is 0 Å². The maximum absolute atomic E-state index is 13.2. The van der Waals surface area contributed by atoms with Crippen LogP contribution in [0.4, 0.5) is 8.78 Å². The number of carbonyl (C=O) groups is 2. The van der Waals surface area contributed by atoms with Crippen LogP contribution in [-0.4, -0.2) is 25.6 Å². The minimum absolute atomic E-state index is 0.00859. The summed E-state index contributed by atoms with van der Waals surface area (Å²) in [5.41, 5.74) is 8.47. The smallest absolute Gasteiger partial charge is 0.387 e. The van der Waals surface area contributed by atoms with Gasteiger partial charge in [-0.05, 0) is 47.5 Å². The molecule has 1 amide bonds. The van der Waals surface area contributed by atoms with Gasteiger partial charge in [-0.25, -0.2) is 4.79 Å². The van der Waals surface area contributed by atoms with Crippen molar-refractivity contribution in [2.45, 2.75) is 19.8 Å². The van der Waals surface area contributed by atoms with Crippen LogP contribution in [-0.2, 0) is 18.0 Å². The number of alkyl halides is 2. The van der Waals surface area contributed by atoms with Crippen molar-refractivity contribution in [1.82, 2.24) is 0 Å². The van der Waals surface area contributed by atoms with E-state index in [1.165, 1.54) is 13.2 Å². The molecule has 4 rings (SSSR count). The van der Waals surface area contributed by atoms with Crippen molar-refractivity contribution >= 4 is 11.9 Å². The summed E-state index contributed by atoms with van der Waals surface area (Å²) in [7, 11) is 1.33. The highest BCUT2D eigenvalue weighted by Gasteiger charge is 2.25. The first-order valence-electron chi connectivity index (χ1n) is 9.85. The number of fused-ring (bicyclic) bond motifs is 1. The number of cyclic esters (lactones) is 1. The second-order valence-corrected chi connectivity index (χ2v) is 7.15. The van der Waals surface area contributed by atoms with Crippen molar-refractivity contribution in [1.29, 1.82) is 0 Å². The Morgan fingerprint density at radius 3 is 2.45 bits per heavy atom. The Balaban J connectivity index is 1.75. The van der Waals surface area contributed by atoms with E-state index >= 15 is 0 Å². The van der Waals surface area contributed by atoms with Gasteiger partial charge in [-0.1, -0.05) is 18.2 Å². The Hall–Kier alpha value is -4.14. The molecule has 0 spiro atoms. The standard InChI is InChI=1S/C24H19F2NO6/c1-30-19-9-8-17(15-6-7-18-16(10-15)12-32-23(18)29)20(21(19)33-24(25)26)31-11-13-2-4-14(5-3-13)22(27)28/h2-10,24H,11-12H2,1H3,(H2,27,28). The van der Waals surface area contributed by atoms with Crippen LogP contribution in [0.3, 0.4) is 0 Å². The largest absolute Gasteiger partial charge is 0.493 e. The molecule has 0 aliphatic carbocycles. The molecule has 0 aromatic heterocycles. The first-order valence-corrected chi connectivity index (χ1v) is 9.85. The molecular weight excluding hydrogens is 436 g/mol. The normalized spacial score (nSPS) is 12.3. The van der Waals surface area contributed by atoms with Crippen molar-refractivity contribution < 1.29 is 37.3 Å². The Morgan fingerprint density at radius 2 is 1.79 bits per heavy atom. The predicted octanol–water partition coefficient (Wildman–Crippen LogP) is 4.31. The van der Waals surface area contributed by atoms with Crippen LogP contribution < -0.4 is 19.9 Å². The molecule has 0 saturated carbocycles. The van der Waals surface area contributed by atoms with Gasteiger partial charge in [0.25, 0.3) is 0 Å². The summed E-state index contributed by atoms with van der Waals surface area (Å²) in [5, 5.41) is 0. The molecule has 1 aliphatic rings. The molecule has 0 unspecified atom stereocenters. The molecule has 2 N–H and O–H groups in total. The number of halogens is 2. The van der Waals surface area contributed by atoms with Gasteiger partial charge in [0.2, 0.25) is 11.7 Å². The summed E-state index contributed by atoms with van der Waals surface area (Å²) >= 11 is 0. The van der Waals surface area contributed by atoms with Crippen molar-refractivity contribution in [3.05, 3.63) is 76.9 Å². The van der Waals surface area contributed by atoms with E-state index in [9.17, 15) is 18.4 Å². The second kappa shape index (κ2) is 9.15. The van der Waals surface area contributed by atoms with E-state index < -0.39 is 18.5 Å². The van der Waals surface area contributed by atoms with E-state index in [0.717, 1.165) is 0 Å². The number of methoxy groups -OCH3 is 1. The highest BCUT2D eigenvalue weighted by Crippen LogP contribution is 2.46. The van der Waals surface area contributed by atoms with Crippen LogP contribution in [0.5, 0.6) is 17.2 Å². The third-order valence-electron chi connectivity index (χ3n) is 5.12. The molecule has 0 fully saturated rings. The molecule has 0 saturated heterocycles. The molecule has 9 heteroatoms. The Labute approximate surface area is 187 Å². The summed E-state index contributed by atoms with van der Waals surface area (Å²) in [6.07, 6.45) is 0. The molecule has 7 nitrogen and oxygen atoms in total. The van der Waals surface area contributed by atoms with Gasteiger partial charge >= 0.3 is 12.6 Å². The number of hydrogen-bond donors (Lipinski definition) is 1. The summed E-state index contributed by atoms with van der Waals surface area (Å²) in [6.45, 7) is -3.00. The van der Waals surface area contributed by atoms with E-state index in [1.807, 2.05) is 0 Å². The lowest BCUT2D eigenvalue weighted by Gasteiger charge is -2.19. The van der Waals surface area contributed by atoms with Crippen molar-refractivity contribution in [3.8, 4) is 28.4 Å². The number of esters is 1. The molecule has 0 atom stereocenters. The molecule has 0 bridgehead atoms. The van der Waals surface area contributed by atoms with Crippen molar-refractivity contribution in [2.24, 2.45) is 5.73 Å². The van der Waals surface area contributed by atoms with E-state index in [4.69, 9.17) is 24.7 Å². The monoisotopic (exact) mass is 455 g/mol. The van der Waals surface area contributed by atoms with E-state index in [-0.39, 0.29) is 30.5 Å². The first-order chi connectivity index (χ1) is 15.9. The fraction of sp³-hybridized carbons (Fsp3) is 0.167. The molecule has 1 heterocycles. The minimum atomic E-state index is -3.11. The molecule has 0 radical (unpaired) electrons. The second-order valence-electron chi connectivity index (χ2n) is 7.15. The Bertz CT molecular complexity index is 1210. The average Bonchev–Trinajstić information content (AvgIpc) is 3.17. The summed E-state index contributed by atoms with van der Waals surface area (Å²) < 4.78 is 47.4. The maximum Gasteiger partial charge on any atom is 0.387 e. The lowest BCUT2D eigenvalue weighted by molar-refractivity contribution is -0.0529. The van der Waals surface area contributed by atoms with Crippen molar-refractivity contribution in [2.75, 3.05) is 7.11 Å². The molecule has 3 aromatic rings. The fourth-order valence-electron chi connectivity index (χ4n) is 3.50. The quantitative estimate of drug-likeness (QED) is 0.509. The predicted molar refractivity (Wildman–Crippen MR) is 113 cm³/mol. The molecule has 170 valence electrons. The van der Waals surface area contributed by atoms with Gasteiger partial charge in [0.05, 0.1) is 12.7 Å². The number of rotatable bonds is 8. The summed E-state index contributed by atoms with van der Waals surface area (Å²) in [6, 6.07) is 14.6. The van der Waals surface area contributed by atoms with Gasteiger partial charge in [-0.15, -0.1) is 0 Å². The van der Waals surface area contributed by atoms with E-state index in [2.05, 4.69) is 0 Å². The Kier molecular flexibility index (Phi) is 6.12. The third kappa shape index (κ3) is 4.57. The van der Waals surface area contributed by atoms with Gasteiger partial charge in [0, 0.05) is 16.7 Å². The van der Waals surface area contributed by atoms with Crippen LogP contribution in [0.2, 0.25) is 0 Å². The van der Waals surface area contributed by atoms with Crippen LogP contribution in [0.25, 0.3) is 11.1 Å². The number of nitrogens with two attached hydrogens (primary N) is 1. The number of amides is 1. The zero-order chi connectivity index (χ0) is 23.5. The lowest BCUT2D eigenvalue weighted by atomic mass is 9.99. The minimum Gasteiger partial charge on any atom is -0.493 e. The number of hydrogen-bond acceptors (Lipinski definition) is 6. The highest BCUT2D eigenvalue weighted by atomic mass is 19.3. The Morgan fingerprint density at radius 1 is 1.06 bits per heavy atom. The van der Waals surface area contributed by atoms with E-state index in [1.54, 1.807) is 48.5 Å². The zero-order valence-electron chi connectivity index (χ0n) is 17.5. The lowest BCUT2D eigenvalue weighted by Crippen LogP contribution is -2.11. The van der Waals surface area contributed by atoms with Gasteiger partial charge in [-0.3, -0.25) is 4.79 Å². The number of benzene rings is 3. The maximum atomic E-state index is 13.2. The summed E-state index contributed by atoms with van der Waals surface area (Å²) in [4.78, 5) is 23.0. The fourth-order valence-corrected chi connectivity index (χ4v) is 3.50. The SMILES string of the molecule is COc1ccc(-c2ccc3c(c2)COC3=O)c(OCc2ccc(C(N)=O)cc2)c1OC(F)F. The molecule has 33 heavy (non-hydrogen) atoms. The van der Waals surface area contributed by atoms with Crippen LogP contribution in [0.15, 0.2) is 54.6 Å². The van der Waals surface area contributed by atoms with Gasteiger partial charge in [0.15, 0.2) is 11.5 Å². The average molecular weight is 455 g/mol. The van der Waals surface area contributed by atoms with Gasteiger partial charge in [-0.2, -0.15) is 8.78 Å². The first kappa shape index (κ1) is 22.1. The third-order valence-corrected chi connectivity index (χ3v) is 5.12. The number of carbonyl (C=O) groups excluding carboxylic acids is 2. The number of ether oxygens (including phenoxy) is 4. The van der Waals surface area contributed by atoms with Crippen LogP contribution >= 0.6 is 0 Å². The topological polar surface area (TPSA) is 97.1 Å². The highest BCUT2D eigenvalue weighted by molar-refractivity contribution is 5.94. The summed E-state index contributed by atoms with van der Waals surface area (Å²) in [5.74, 6) is -1.13. The zero-order valence-corrected chi connectivity index (χ0v) is 17.5. The van der Waals surface area contributed by atoms with Crippen LogP contribution in [0, 0.1) is 0 Å². The number of primary amides is 1. The molecule has 1 aliphatic heterocycles. The van der Waals surface area contributed by atoms with Gasteiger partial charge < -0.3 is 24.7 Å². The molecular formula is C24H19F2NO6. The van der Waals surface area contributed by atoms with E-state index in [0.29, 0.717) is 33.4 Å². The van der Waals surface area contributed by atoms with Gasteiger partial charge in [0.1, 0.15) is 13.2 Å².